The summed E-state index contributed by atoms with van der Waals surface area (Å²) in [6.07, 6.45) is 0. The molecular weight excluding hydrogens is 424 g/mol. The van der Waals surface area contributed by atoms with E-state index in [1.54, 1.807) is 31.2 Å². The van der Waals surface area contributed by atoms with Crippen molar-refractivity contribution in [1.29, 1.82) is 0 Å². The van der Waals surface area contributed by atoms with E-state index >= 15 is 0 Å². The molecule has 0 saturated carbocycles. The minimum atomic E-state index is -0.590. The van der Waals surface area contributed by atoms with Gasteiger partial charge < -0.3 is 15.4 Å². The number of esters is 1. The quantitative estimate of drug-likeness (QED) is 0.537. The first kappa shape index (κ1) is 23.4. The van der Waals surface area contributed by atoms with Crippen LogP contribution in [0, 0.1) is 13.8 Å². The lowest BCUT2D eigenvalue weighted by Gasteiger charge is -2.11. The van der Waals surface area contributed by atoms with E-state index in [0.717, 1.165) is 15.8 Å². The Kier molecular flexibility index (Phi) is 7.34. The first-order chi connectivity index (χ1) is 15.8. The van der Waals surface area contributed by atoms with Gasteiger partial charge in [0.2, 0.25) is 5.91 Å². The Morgan fingerprint density at radius 1 is 0.970 bits per heavy atom. The number of hydrogen-bond donors (Lipinski definition) is 2. The van der Waals surface area contributed by atoms with Crippen LogP contribution < -0.4 is 16.2 Å². The molecular formula is C24H24N4O5. The molecule has 0 aliphatic carbocycles. The van der Waals surface area contributed by atoms with Crippen LogP contribution in [0.25, 0.3) is 0 Å². The maximum atomic E-state index is 12.6. The number of benzene rings is 2. The number of nitrogens with zero attached hydrogens (tertiary/aromatic N) is 2. The molecule has 0 fully saturated rings. The van der Waals surface area contributed by atoms with Crippen molar-refractivity contribution >= 4 is 29.2 Å². The second-order valence-electron chi connectivity index (χ2n) is 7.28. The molecule has 0 bridgehead atoms. The Morgan fingerprint density at radius 3 is 2.45 bits per heavy atom. The van der Waals surface area contributed by atoms with Gasteiger partial charge in [0, 0.05) is 11.8 Å². The molecule has 2 aromatic carbocycles. The summed E-state index contributed by atoms with van der Waals surface area (Å²) in [7, 11) is 0. The molecule has 2 N–H and O–H groups in total. The van der Waals surface area contributed by atoms with Crippen LogP contribution in [-0.4, -0.2) is 34.2 Å². The van der Waals surface area contributed by atoms with E-state index in [9.17, 15) is 19.2 Å². The van der Waals surface area contributed by atoms with Crippen LogP contribution in [0.4, 0.5) is 11.4 Å². The third-order valence-corrected chi connectivity index (χ3v) is 4.85. The van der Waals surface area contributed by atoms with Crippen molar-refractivity contribution in [3.8, 4) is 0 Å². The minimum absolute atomic E-state index is 0.0208. The average molecular weight is 448 g/mol. The van der Waals surface area contributed by atoms with Gasteiger partial charge in [0.25, 0.3) is 11.5 Å². The smallest absolute Gasteiger partial charge is 0.340 e. The van der Waals surface area contributed by atoms with Gasteiger partial charge in [-0.05, 0) is 62.2 Å². The summed E-state index contributed by atoms with van der Waals surface area (Å²) in [6, 6.07) is 14.3. The highest BCUT2D eigenvalue weighted by Gasteiger charge is 2.16. The van der Waals surface area contributed by atoms with E-state index in [2.05, 4.69) is 15.7 Å². The van der Waals surface area contributed by atoms with Crippen molar-refractivity contribution in [2.45, 2.75) is 27.3 Å². The molecule has 1 heterocycles. The molecule has 0 radical (unpaired) electrons. The predicted octanol–water partition coefficient (Wildman–Crippen LogP) is 2.93. The zero-order chi connectivity index (χ0) is 24.0. The van der Waals surface area contributed by atoms with E-state index < -0.39 is 29.9 Å². The topological polar surface area (TPSA) is 119 Å². The van der Waals surface area contributed by atoms with E-state index in [1.165, 1.54) is 18.2 Å². The Bertz CT molecular complexity index is 1270. The van der Waals surface area contributed by atoms with Crippen molar-refractivity contribution in [1.82, 2.24) is 9.78 Å². The highest BCUT2D eigenvalue weighted by atomic mass is 16.5. The number of para-hydroxylation sites is 1. The van der Waals surface area contributed by atoms with Crippen molar-refractivity contribution in [3.05, 3.63) is 87.3 Å². The molecule has 9 heteroatoms. The van der Waals surface area contributed by atoms with Gasteiger partial charge in [0.15, 0.2) is 0 Å². The Hall–Kier alpha value is -4.27. The number of nitrogens with one attached hydrogen (secondary N) is 2. The first-order valence-corrected chi connectivity index (χ1v) is 10.3. The summed E-state index contributed by atoms with van der Waals surface area (Å²) in [5.74, 6) is -1.68. The first-order valence-electron chi connectivity index (χ1n) is 10.3. The molecule has 0 atom stereocenters. The summed E-state index contributed by atoms with van der Waals surface area (Å²) < 4.78 is 5.88. The van der Waals surface area contributed by atoms with Gasteiger partial charge in [-0.2, -0.15) is 5.10 Å². The van der Waals surface area contributed by atoms with Crippen LogP contribution in [-0.2, 0) is 16.1 Å². The maximum Gasteiger partial charge on any atom is 0.340 e. The molecule has 1 aromatic heterocycles. The van der Waals surface area contributed by atoms with Crippen LogP contribution in [0.15, 0.2) is 59.4 Å². The van der Waals surface area contributed by atoms with Gasteiger partial charge in [0.05, 0.1) is 17.9 Å². The number of amides is 2. The fraction of sp³-hybridized carbons (Fsp3) is 0.208. The maximum absolute atomic E-state index is 12.6. The molecule has 3 aromatic rings. The fourth-order valence-electron chi connectivity index (χ4n) is 3.00. The SMILES string of the molecule is CCOC(=O)c1ccccc1NC(=O)Cn1nc(C(=O)Nc2ccc(C)c(C)c2)ccc1=O. The largest absolute Gasteiger partial charge is 0.462 e. The number of hydrogen-bond acceptors (Lipinski definition) is 6. The zero-order valence-electron chi connectivity index (χ0n) is 18.5. The summed E-state index contributed by atoms with van der Waals surface area (Å²) in [6.45, 7) is 5.33. The number of rotatable bonds is 7. The highest BCUT2D eigenvalue weighted by molar-refractivity contribution is 6.03. The number of aromatic nitrogens is 2. The van der Waals surface area contributed by atoms with Crippen LogP contribution in [0.1, 0.15) is 38.9 Å². The average Bonchev–Trinajstić information content (AvgIpc) is 2.78. The van der Waals surface area contributed by atoms with Crippen LogP contribution >= 0.6 is 0 Å². The van der Waals surface area contributed by atoms with Crippen molar-refractivity contribution in [2.75, 3.05) is 17.2 Å². The fourth-order valence-corrected chi connectivity index (χ4v) is 3.00. The van der Waals surface area contributed by atoms with E-state index in [0.29, 0.717) is 5.69 Å². The summed E-state index contributed by atoms with van der Waals surface area (Å²) in [5, 5.41) is 9.33. The van der Waals surface area contributed by atoms with Gasteiger partial charge >= 0.3 is 5.97 Å². The minimum Gasteiger partial charge on any atom is -0.462 e. The lowest BCUT2D eigenvalue weighted by Crippen LogP contribution is -2.31. The number of anilines is 2. The van der Waals surface area contributed by atoms with Crippen molar-refractivity contribution < 1.29 is 19.1 Å². The Labute approximate surface area is 190 Å². The van der Waals surface area contributed by atoms with Gasteiger partial charge in [0.1, 0.15) is 12.2 Å². The molecule has 3 rings (SSSR count). The monoisotopic (exact) mass is 448 g/mol. The predicted molar refractivity (Wildman–Crippen MR) is 123 cm³/mol. The molecule has 0 aliphatic heterocycles. The molecule has 170 valence electrons. The number of aryl methyl sites for hydroxylation is 2. The molecule has 0 saturated heterocycles. The molecule has 0 unspecified atom stereocenters. The molecule has 33 heavy (non-hydrogen) atoms. The van der Waals surface area contributed by atoms with Gasteiger partial charge in [-0.1, -0.05) is 18.2 Å². The Balaban J connectivity index is 1.74. The van der Waals surface area contributed by atoms with Crippen LogP contribution in [0.3, 0.4) is 0 Å². The molecule has 2 amide bonds. The number of ether oxygens (including phenoxy) is 1. The third kappa shape index (κ3) is 5.91. The van der Waals surface area contributed by atoms with Crippen molar-refractivity contribution in [2.24, 2.45) is 0 Å². The normalized spacial score (nSPS) is 10.4. The standard InChI is InChI=1S/C24H24N4O5/c1-4-33-24(32)18-7-5-6-8-19(18)26-21(29)14-28-22(30)12-11-20(27-28)23(31)25-17-10-9-15(2)16(3)13-17/h5-13H,4,14H2,1-3H3,(H,25,31)(H,26,29). The lowest BCUT2D eigenvalue weighted by atomic mass is 10.1. The van der Waals surface area contributed by atoms with E-state index in [1.807, 2.05) is 26.0 Å². The summed E-state index contributed by atoms with van der Waals surface area (Å²) >= 11 is 0. The summed E-state index contributed by atoms with van der Waals surface area (Å²) in [5.41, 5.74) is 2.57. The molecule has 0 spiro atoms. The number of carbonyl (C=O) groups is 3. The summed E-state index contributed by atoms with van der Waals surface area (Å²) in [4.78, 5) is 49.4. The van der Waals surface area contributed by atoms with E-state index in [4.69, 9.17) is 4.74 Å². The second kappa shape index (κ2) is 10.4. The zero-order valence-corrected chi connectivity index (χ0v) is 18.5. The van der Waals surface area contributed by atoms with Gasteiger partial charge in [-0.15, -0.1) is 0 Å². The lowest BCUT2D eigenvalue weighted by molar-refractivity contribution is -0.117. The molecule has 0 aliphatic rings. The van der Waals surface area contributed by atoms with Gasteiger partial charge in [-0.3, -0.25) is 14.4 Å². The second-order valence-corrected chi connectivity index (χ2v) is 7.28. The highest BCUT2D eigenvalue weighted by Crippen LogP contribution is 2.17. The third-order valence-electron chi connectivity index (χ3n) is 4.85. The number of carbonyl (C=O) groups excluding carboxylic acids is 3. The van der Waals surface area contributed by atoms with E-state index in [-0.39, 0.29) is 23.6 Å². The van der Waals surface area contributed by atoms with Gasteiger partial charge in [-0.25, -0.2) is 9.48 Å². The van der Waals surface area contributed by atoms with Crippen molar-refractivity contribution in [3.63, 3.8) is 0 Å². The van der Waals surface area contributed by atoms with Crippen LogP contribution in [0.2, 0.25) is 0 Å². The molecule has 9 nitrogen and oxygen atoms in total. The Morgan fingerprint density at radius 2 is 1.73 bits per heavy atom. The van der Waals surface area contributed by atoms with Crippen LogP contribution in [0.5, 0.6) is 0 Å².